The summed E-state index contributed by atoms with van der Waals surface area (Å²) in [6, 6.07) is 21.2. The molecular weight excluding hydrogens is 393 g/mol. The molecule has 0 bridgehead atoms. The van der Waals surface area contributed by atoms with E-state index in [2.05, 4.69) is 4.98 Å². The molecule has 5 rings (SSSR count). The third kappa shape index (κ3) is 3.31. The number of aliphatic hydroxyl groups excluding tert-OH is 1. The summed E-state index contributed by atoms with van der Waals surface area (Å²) in [6.07, 6.45) is 1.62. The Balaban J connectivity index is 1.80. The van der Waals surface area contributed by atoms with Gasteiger partial charge >= 0.3 is 0 Å². The van der Waals surface area contributed by atoms with Gasteiger partial charge in [0, 0.05) is 17.4 Å². The van der Waals surface area contributed by atoms with E-state index >= 15 is 0 Å². The lowest BCUT2D eigenvalue weighted by molar-refractivity contribution is 0.282. The number of rotatable bonds is 4. The number of aliphatic hydroxyl groups is 1. The van der Waals surface area contributed by atoms with Crippen LogP contribution in [0.2, 0.25) is 0 Å². The Morgan fingerprint density at radius 3 is 2.39 bits per heavy atom. The third-order valence-electron chi connectivity index (χ3n) is 5.11. The summed E-state index contributed by atoms with van der Waals surface area (Å²) in [5, 5.41) is 9.40. The second kappa shape index (κ2) is 7.62. The highest BCUT2D eigenvalue weighted by Crippen LogP contribution is 2.32. The minimum Gasteiger partial charge on any atom is -0.392 e. The summed E-state index contributed by atoms with van der Waals surface area (Å²) < 4.78 is 16.3. The van der Waals surface area contributed by atoms with Crippen molar-refractivity contribution in [3.63, 3.8) is 0 Å². The zero-order valence-electron chi connectivity index (χ0n) is 16.4. The van der Waals surface area contributed by atoms with Crippen LogP contribution in [0.1, 0.15) is 5.56 Å². The van der Waals surface area contributed by atoms with Crippen LogP contribution in [0.3, 0.4) is 0 Å². The molecule has 0 radical (unpaired) electrons. The van der Waals surface area contributed by atoms with E-state index < -0.39 is 0 Å². The van der Waals surface area contributed by atoms with Gasteiger partial charge in [-0.25, -0.2) is 19.3 Å². The highest BCUT2D eigenvalue weighted by atomic mass is 19.1. The topological polar surface area (TPSA) is 89.9 Å². The van der Waals surface area contributed by atoms with E-state index in [0.29, 0.717) is 39.6 Å². The van der Waals surface area contributed by atoms with Gasteiger partial charge in [-0.15, -0.1) is 0 Å². The van der Waals surface area contributed by atoms with E-state index in [1.165, 1.54) is 6.07 Å². The largest absolute Gasteiger partial charge is 0.392 e. The lowest BCUT2D eigenvalue weighted by atomic mass is 10.1. The van der Waals surface area contributed by atoms with Crippen molar-refractivity contribution in [2.75, 3.05) is 5.73 Å². The Labute approximate surface area is 177 Å². The molecule has 3 N–H and O–H groups in total. The number of halogens is 1. The molecule has 3 heterocycles. The first-order valence-electron chi connectivity index (χ1n) is 9.71. The van der Waals surface area contributed by atoms with Gasteiger partial charge in [0.1, 0.15) is 17.2 Å². The number of benzene rings is 2. The van der Waals surface area contributed by atoms with Crippen molar-refractivity contribution in [3.05, 3.63) is 90.4 Å². The van der Waals surface area contributed by atoms with Crippen molar-refractivity contribution in [1.82, 2.24) is 19.5 Å². The van der Waals surface area contributed by atoms with Crippen LogP contribution in [-0.2, 0) is 6.61 Å². The van der Waals surface area contributed by atoms with E-state index in [1.54, 1.807) is 36.5 Å². The van der Waals surface area contributed by atoms with Crippen molar-refractivity contribution < 1.29 is 9.50 Å². The van der Waals surface area contributed by atoms with Crippen molar-refractivity contribution in [2.45, 2.75) is 6.61 Å². The number of pyridine rings is 2. The van der Waals surface area contributed by atoms with Crippen molar-refractivity contribution >= 4 is 17.0 Å². The van der Waals surface area contributed by atoms with E-state index in [9.17, 15) is 9.50 Å². The Kier molecular flexibility index (Phi) is 4.65. The number of hydrogen-bond acceptors (Lipinski definition) is 5. The Morgan fingerprint density at radius 1 is 0.871 bits per heavy atom. The first-order valence-corrected chi connectivity index (χ1v) is 9.71. The lowest BCUT2D eigenvalue weighted by Crippen LogP contribution is -2.02. The summed E-state index contributed by atoms with van der Waals surface area (Å²) >= 11 is 0. The van der Waals surface area contributed by atoms with Gasteiger partial charge in [-0.05, 0) is 54.1 Å². The number of nitrogens with zero attached hydrogens (tertiary/aromatic N) is 4. The average molecular weight is 411 g/mol. The van der Waals surface area contributed by atoms with E-state index in [-0.39, 0.29) is 12.4 Å². The fourth-order valence-electron chi connectivity index (χ4n) is 3.56. The van der Waals surface area contributed by atoms with Crippen LogP contribution in [-0.4, -0.2) is 24.6 Å². The maximum absolute atomic E-state index is 14.4. The molecule has 7 heteroatoms. The number of imidazole rings is 1. The molecular formula is C24H18FN5O. The SMILES string of the molecule is Nc1ncccc1-c1nc2ccc(-c3ccccc3F)nc2n1-c1ccc(CO)cc1. The summed E-state index contributed by atoms with van der Waals surface area (Å²) in [5.74, 6) is 0.584. The fraction of sp³-hybridized carbons (Fsp3) is 0.0417. The van der Waals surface area contributed by atoms with Crippen LogP contribution in [0.5, 0.6) is 0 Å². The van der Waals surface area contributed by atoms with Crippen LogP contribution >= 0.6 is 0 Å². The number of hydrogen-bond donors (Lipinski definition) is 2. The van der Waals surface area contributed by atoms with Crippen LogP contribution in [0.15, 0.2) is 79.0 Å². The zero-order valence-corrected chi connectivity index (χ0v) is 16.4. The second-order valence-corrected chi connectivity index (χ2v) is 7.05. The molecule has 0 aliphatic heterocycles. The molecule has 31 heavy (non-hydrogen) atoms. The molecule has 6 nitrogen and oxygen atoms in total. The number of anilines is 1. The molecule has 0 saturated heterocycles. The van der Waals surface area contributed by atoms with Gasteiger partial charge in [-0.3, -0.25) is 4.57 Å². The smallest absolute Gasteiger partial charge is 0.165 e. The molecule has 2 aromatic carbocycles. The van der Waals surface area contributed by atoms with Crippen LogP contribution < -0.4 is 5.73 Å². The lowest BCUT2D eigenvalue weighted by Gasteiger charge is -2.11. The van der Waals surface area contributed by atoms with E-state index in [1.807, 2.05) is 41.0 Å². The van der Waals surface area contributed by atoms with Crippen molar-refractivity contribution in [1.29, 1.82) is 0 Å². The Morgan fingerprint density at radius 2 is 1.65 bits per heavy atom. The standard InChI is InChI=1S/C24H18FN5O/c25-19-6-2-1-4-17(19)20-11-12-21-24(28-20)30(16-9-7-15(14-31)8-10-16)23(29-21)18-5-3-13-27-22(18)26/h1-13,31H,14H2,(H2,26,27). The predicted molar refractivity (Wildman–Crippen MR) is 118 cm³/mol. The third-order valence-corrected chi connectivity index (χ3v) is 5.11. The van der Waals surface area contributed by atoms with Gasteiger partial charge in [0.25, 0.3) is 0 Å². The highest BCUT2D eigenvalue weighted by molar-refractivity contribution is 5.84. The van der Waals surface area contributed by atoms with Gasteiger partial charge in [0.05, 0.1) is 17.9 Å². The van der Waals surface area contributed by atoms with E-state index in [4.69, 9.17) is 15.7 Å². The van der Waals surface area contributed by atoms with Crippen molar-refractivity contribution in [2.24, 2.45) is 0 Å². The second-order valence-electron chi connectivity index (χ2n) is 7.05. The van der Waals surface area contributed by atoms with Gasteiger partial charge in [-0.2, -0.15) is 0 Å². The van der Waals surface area contributed by atoms with Gasteiger partial charge in [-0.1, -0.05) is 24.3 Å². The maximum Gasteiger partial charge on any atom is 0.165 e. The summed E-state index contributed by atoms with van der Waals surface area (Å²) in [7, 11) is 0. The van der Waals surface area contributed by atoms with Gasteiger partial charge in [0.2, 0.25) is 0 Å². The molecule has 5 aromatic rings. The first kappa shape index (κ1) is 18.9. The fourth-order valence-corrected chi connectivity index (χ4v) is 3.56. The molecule has 3 aromatic heterocycles. The number of nitrogen functional groups attached to an aromatic ring is 1. The Hall–Kier alpha value is -4.10. The zero-order chi connectivity index (χ0) is 21.4. The number of nitrogens with two attached hydrogens (primary N) is 1. The highest BCUT2D eigenvalue weighted by Gasteiger charge is 2.19. The monoisotopic (exact) mass is 411 g/mol. The number of fused-ring (bicyclic) bond motifs is 1. The molecule has 0 amide bonds. The first-order chi connectivity index (χ1) is 15.2. The molecule has 152 valence electrons. The molecule has 0 spiro atoms. The van der Waals surface area contributed by atoms with Crippen LogP contribution in [0.4, 0.5) is 10.2 Å². The molecule has 0 unspecified atom stereocenters. The normalized spacial score (nSPS) is 11.2. The van der Waals surface area contributed by atoms with Gasteiger partial charge < -0.3 is 10.8 Å². The summed E-state index contributed by atoms with van der Waals surface area (Å²) in [4.78, 5) is 13.7. The quantitative estimate of drug-likeness (QED) is 0.459. The van der Waals surface area contributed by atoms with Crippen LogP contribution in [0, 0.1) is 5.82 Å². The molecule has 0 aliphatic rings. The minimum atomic E-state index is -0.343. The minimum absolute atomic E-state index is 0.0525. The van der Waals surface area contributed by atoms with E-state index in [0.717, 1.165) is 11.3 Å². The molecule has 0 saturated carbocycles. The maximum atomic E-state index is 14.4. The number of aromatic nitrogens is 4. The predicted octanol–water partition coefficient (Wildman–Crippen LogP) is 4.36. The Bertz CT molecular complexity index is 1400. The van der Waals surface area contributed by atoms with Crippen LogP contribution in [0.25, 0.3) is 39.5 Å². The van der Waals surface area contributed by atoms with Gasteiger partial charge in [0.15, 0.2) is 11.5 Å². The average Bonchev–Trinajstić information content (AvgIpc) is 3.18. The summed E-state index contributed by atoms with van der Waals surface area (Å²) in [6.45, 7) is -0.0525. The molecule has 0 aliphatic carbocycles. The van der Waals surface area contributed by atoms with Crippen molar-refractivity contribution in [3.8, 4) is 28.3 Å². The molecule has 0 atom stereocenters. The summed E-state index contributed by atoms with van der Waals surface area (Å²) in [5.41, 5.74) is 10.5. The molecule has 0 fully saturated rings.